The summed E-state index contributed by atoms with van der Waals surface area (Å²) in [5.41, 5.74) is 1.74. The molecule has 2 aromatic carbocycles. The van der Waals surface area contributed by atoms with Gasteiger partial charge in [0.2, 0.25) is 15.7 Å². The number of carbonyl (C=O) groups is 1. The number of hydrogen-bond donors (Lipinski definition) is 1. The zero-order valence-electron chi connectivity index (χ0n) is 14.5. The monoisotopic (exact) mass is 368 g/mol. The van der Waals surface area contributed by atoms with Crippen molar-refractivity contribution in [3.63, 3.8) is 0 Å². The molecule has 26 heavy (non-hydrogen) atoms. The van der Waals surface area contributed by atoms with Gasteiger partial charge in [-0.25, -0.2) is 8.42 Å². The van der Waals surface area contributed by atoms with E-state index in [0.29, 0.717) is 5.39 Å². The number of nitrogens with one attached hydrogen (secondary N) is 1. The molecular weight excluding hydrogens is 348 g/mol. The number of amides is 1. The van der Waals surface area contributed by atoms with Crippen LogP contribution >= 0.6 is 0 Å². The van der Waals surface area contributed by atoms with E-state index in [-0.39, 0.29) is 28.3 Å². The minimum Gasteiger partial charge on any atom is -0.352 e. The maximum Gasteiger partial charge on any atom is 0.240 e. The molecule has 1 aliphatic rings. The lowest BCUT2D eigenvalue weighted by Crippen LogP contribution is -2.29. The Hall–Kier alpha value is -2.60. The molecule has 3 aromatic rings. The lowest BCUT2D eigenvalue weighted by molar-refractivity contribution is -0.121. The fourth-order valence-electron chi connectivity index (χ4n) is 3.06. The Balaban J connectivity index is 1.77. The molecule has 1 amide bonds. The number of aromatic nitrogens is 1. The summed E-state index contributed by atoms with van der Waals surface area (Å²) >= 11 is 0. The summed E-state index contributed by atoms with van der Waals surface area (Å²) < 4.78 is 28.0. The van der Waals surface area contributed by atoms with Crippen LogP contribution in [-0.4, -0.2) is 24.9 Å². The second-order valence-electron chi connectivity index (χ2n) is 6.80. The Morgan fingerprint density at radius 3 is 2.50 bits per heavy atom. The van der Waals surface area contributed by atoms with Gasteiger partial charge in [-0.1, -0.05) is 35.9 Å². The number of benzene rings is 2. The number of fused-ring (bicyclic) bond motifs is 1. The standard InChI is InChI=1S/C20H20N2O3S/c1-14-6-10-16(11-7-14)26(24,25)19-12-22(13-20(23)21-15-8-9-15)18-5-3-2-4-17(18)19/h2-7,10-12,15H,8-9,13H2,1H3,(H,21,23). The van der Waals surface area contributed by atoms with Crippen molar-refractivity contribution in [3.8, 4) is 0 Å². The molecule has 4 rings (SSSR count). The van der Waals surface area contributed by atoms with Gasteiger partial charge in [0, 0.05) is 23.1 Å². The summed E-state index contributed by atoms with van der Waals surface area (Å²) in [7, 11) is -3.66. The van der Waals surface area contributed by atoms with Gasteiger partial charge in [-0.05, 0) is 38.0 Å². The van der Waals surface area contributed by atoms with Gasteiger partial charge in [0.1, 0.15) is 6.54 Å². The van der Waals surface area contributed by atoms with Crippen LogP contribution in [0.1, 0.15) is 18.4 Å². The molecule has 1 fully saturated rings. The lowest BCUT2D eigenvalue weighted by atomic mass is 10.2. The topological polar surface area (TPSA) is 68.2 Å². The molecule has 1 aliphatic carbocycles. The lowest BCUT2D eigenvalue weighted by Gasteiger charge is -2.06. The van der Waals surface area contributed by atoms with E-state index < -0.39 is 9.84 Å². The van der Waals surface area contributed by atoms with Crippen molar-refractivity contribution in [1.29, 1.82) is 0 Å². The van der Waals surface area contributed by atoms with Crippen molar-refractivity contribution >= 4 is 26.6 Å². The minimum absolute atomic E-state index is 0.0902. The predicted octanol–water partition coefficient (Wildman–Crippen LogP) is 3.06. The molecule has 1 heterocycles. The van der Waals surface area contributed by atoms with E-state index in [9.17, 15) is 13.2 Å². The molecule has 0 unspecified atom stereocenters. The van der Waals surface area contributed by atoms with Gasteiger partial charge in [0.15, 0.2) is 0 Å². The van der Waals surface area contributed by atoms with Crippen LogP contribution in [0.5, 0.6) is 0 Å². The highest BCUT2D eigenvalue weighted by molar-refractivity contribution is 7.91. The molecule has 6 heteroatoms. The molecule has 5 nitrogen and oxygen atoms in total. The first-order valence-corrected chi connectivity index (χ1v) is 10.1. The van der Waals surface area contributed by atoms with Gasteiger partial charge in [-0.15, -0.1) is 0 Å². The summed E-state index contributed by atoms with van der Waals surface area (Å²) in [6.45, 7) is 2.03. The molecule has 0 bridgehead atoms. The molecule has 1 saturated carbocycles. The Bertz CT molecular complexity index is 1080. The van der Waals surface area contributed by atoms with Gasteiger partial charge in [-0.3, -0.25) is 4.79 Å². The summed E-state index contributed by atoms with van der Waals surface area (Å²) in [6, 6.07) is 14.4. The maximum atomic E-state index is 13.1. The molecule has 134 valence electrons. The number of rotatable bonds is 5. The number of sulfone groups is 1. The fraction of sp³-hybridized carbons (Fsp3) is 0.250. The van der Waals surface area contributed by atoms with Crippen LogP contribution in [0.25, 0.3) is 10.9 Å². The van der Waals surface area contributed by atoms with Crippen molar-refractivity contribution < 1.29 is 13.2 Å². The smallest absolute Gasteiger partial charge is 0.240 e. The molecule has 0 atom stereocenters. The number of carbonyl (C=O) groups excluding carboxylic acids is 1. The van der Waals surface area contributed by atoms with Gasteiger partial charge >= 0.3 is 0 Å². The second-order valence-corrected chi connectivity index (χ2v) is 8.71. The summed E-state index contributed by atoms with van der Waals surface area (Å²) in [6.07, 6.45) is 3.61. The summed E-state index contributed by atoms with van der Waals surface area (Å²) in [5, 5.41) is 3.58. The molecular formula is C20H20N2O3S. The average Bonchev–Trinajstić information content (AvgIpc) is 3.35. The number of aryl methyl sites for hydroxylation is 1. The van der Waals surface area contributed by atoms with Gasteiger partial charge < -0.3 is 9.88 Å². The van der Waals surface area contributed by atoms with Gasteiger partial charge in [-0.2, -0.15) is 0 Å². The average molecular weight is 368 g/mol. The highest BCUT2D eigenvalue weighted by atomic mass is 32.2. The third-order valence-electron chi connectivity index (χ3n) is 4.63. The highest BCUT2D eigenvalue weighted by Gasteiger charge is 2.26. The normalized spacial score (nSPS) is 14.5. The number of hydrogen-bond acceptors (Lipinski definition) is 3. The van der Waals surface area contributed by atoms with E-state index in [2.05, 4.69) is 5.32 Å². The first kappa shape index (κ1) is 16.8. The van der Waals surface area contributed by atoms with Crippen LogP contribution in [0.15, 0.2) is 64.5 Å². The third-order valence-corrected chi connectivity index (χ3v) is 6.43. The number of para-hydroxylation sites is 1. The Morgan fingerprint density at radius 1 is 1.12 bits per heavy atom. The van der Waals surface area contributed by atoms with Crippen LogP contribution in [0.4, 0.5) is 0 Å². The van der Waals surface area contributed by atoms with E-state index in [0.717, 1.165) is 23.9 Å². The van der Waals surface area contributed by atoms with E-state index >= 15 is 0 Å². The molecule has 0 saturated heterocycles. The SMILES string of the molecule is Cc1ccc(S(=O)(=O)c2cn(CC(=O)NC3CC3)c3ccccc23)cc1. The second kappa shape index (κ2) is 6.29. The quantitative estimate of drug-likeness (QED) is 0.753. The van der Waals surface area contributed by atoms with Crippen LogP contribution in [-0.2, 0) is 21.2 Å². The third kappa shape index (κ3) is 3.12. The molecule has 0 spiro atoms. The fourth-order valence-corrected chi connectivity index (χ4v) is 4.53. The van der Waals surface area contributed by atoms with Crippen LogP contribution in [0.2, 0.25) is 0 Å². The van der Waals surface area contributed by atoms with E-state index in [1.54, 1.807) is 41.1 Å². The van der Waals surface area contributed by atoms with Crippen molar-refractivity contribution in [2.45, 2.75) is 42.1 Å². The molecule has 1 aromatic heterocycles. The first-order chi connectivity index (χ1) is 12.4. The zero-order chi connectivity index (χ0) is 18.3. The largest absolute Gasteiger partial charge is 0.352 e. The van der Waals surface area contributed by atoms with E-state index in [1.807, 2.05) is 25.1 Å². The van der Waals surface area contributed by atoms with Crippen LogP contribution in [0.3, 0.4) is 0 Å². The summed E-state index contributed by atoms with van der Waals surface area (Å²) in [4.78, 5) is 12.7. The van der Waals surface area contributed by atoms with Crippen molar-refractivity contribution in [2.75, 3.05) is 0 Å². The molecule has 1 N–H and O–H groups in total. The van der Waals surface area contributed by atoms with E-state index in [4.69, 9.17) is 0 Å². The Morgan fingerprint density at radius 2 is 1.81 bits per heavy atom. The van der Waals surface area contributed by atoms with Crippen molar-refractivity contribution in [2.24, 2.45) is 0 Å². The Labute approximate surface area is 152 Å². The van der Waals surface area contributed by atoms with Crippen LogP contribution < -0.4 is 5.32 Å². The summed E-state index contributed by atoms with van der Waals surface area (Å²) in [5.74, 6) is -0.0902. The Kier molecular flexibility index (Phi) is 4.07. The van der Waals surface area contributed by atoms with Gasteiger partial charge in [0.25, 0.3) is 0 Å². The predicted molar refractivity (Wildman–Crippen MR) is 99.7 cm³/mol. The van der Waals surface area contributed by atoms with Crippen molar-refractivity contribution in [1.82, 2.24) is 9.88 Å². The number of nitrogens with zero attached hydrogens (tertiary/aromatic N) is 1. The van der Waals surface area contributed by atoms with E-state index in [1.165, 1.54) is 0 Å². The highest BCUT2D eigenvalue weighted by Crippen LogP contribution is 2.30. The van der Waals surface area contributed by atoms with Gasteiger partial charge in [0.05, 0.1) is 9.79 Å². The first-order valence-electron chi connectivity index (χ1n) is 8.64. The molecule has 0 aliphatic heterocycles. The maximum absolute atomic E-state index is 13.1. The van der Waals surface area contributed by atoms with Crippen molar-refractivity contribution in [3.05, 3.63) is 60.3 Å². The zero-order valence-corrected chi connectivity index (χ0v) is 15.3. The minimum atomic E-state index is -3.66. The van der Waals surface area contributed by atoms with Crippen LogP contribution in [0, 0.1) is 6.92 Å². The molecule has 0 radical (unpaired) electrons.